The maximum atomic E-state index is 14.2. The van der Waals surface area contributed by atoms with Gasteiger partial charge in [-0.15, -0.1) is 0 Å². The van der Waals surface area contributed by atoms with E-state index < -0.39 is 23.3 Å². The standard InChI is InChI=1S/C21H19F2N3O2/c1-21(11-13-6-8-15(22)9-7-13)20(28)26(2)18(19(27)25-21)10-16-14(12-24)4-3-5-17(16)23/h3-9,18H,10-11H2,1-2H3,(H,25,27). The summed E-state index contributed by atoms with van der Waals surface area (Å²) in [5.41, 5.74) is -0.265. The van der Waals surface area contributed by atoms with Crippen LogP contribution in [0.25, 0.3) is 0 Å². The number of carbonyl (C=O) groups excluding carboxylic acids is 2. The molecule has 0 aliphatic carbocycles. The van der Waals surface area contributed by atoms with E-state index in [1.165, 1.54) is 42.3 Å². The van der Waals surface area contributed by atoms with Crippen molar-refractivity contribution < 1.29 is 18.4 Å². The van der Waals surface area contributed by atoms with Gasteiger partial charge in [0.15, 0.2) is 0 Å². The molecule has 2 unspecified atom stereocenters. The predicted molar refractivity (Wildman–Crippen MR) is 98.0 cm³/mol. The van der Waals surface area contributed by atoms with E-state index in [-0.39, 0.29) is 35.7 Å². The molecule has 1 aliphatic rings. The van der Waals surface area contributed by atoms with Crippen LogP contribution in [0.2, 0.25) is 0 Å². The lowest BCUT2D eigenvalue weighted by molar-refractivity contribution is -0.152. The van der Waals surface area contributed by atoms with Gasteiger partial charge in [-0.3, -0.25) is 9.59 Å². The van der Waals surface area contributed by atoms with E-state index in [1.807, 2.05) is 6.07 Å². The SMILES string of the molecule is CN1C(=O)C(C)(Cc2ccc(F)cc2)NC(=O)C1Cc1c(F)cccc1C#N. The number of benzene rings is 2. The molecule has 3 rings (SSSR count). The molecule has 1 N–H and O–H groups in total. The second-order valence-electron chi connectivity index (χ2n) is 7.14. The van der Waals surface area contributed by atoms with Crippen LogP contribution in [-0.4, -0.2) is 35.3 Å². The van der Waals surface area contributed by atoms with E-state index in [0.29, 0.717) is 5.56 Å². The van der Waals surface area contributed by atoms with Crippen molar-refractivity contribution in [1.82, 2.24) is 10.2 Å². The molecule has 0 spiro atoms. The number of nitriles is 1. The van der Waals surface area contributed by atoms with Crippen molar-refractivity contribution in [3.63, 3.8) is 0 Å². The predicted octanol–water partition coefficient (Wildman–Crippen LogP) is 2.34. The van der Waals surface area contributed by atoms with Crippen LogP contribution in [0.5, 0.6) is 0 Å². The summed E-state index contributed by atoms with van der Waals surface area (Å²) in [7, 11) is 1.49. The van der Waals surface area contributed by atoms with Crippen molar-refractivity contribution in [1.29, 1.82) is 5.26 Å². The molecule has 28 heavy (non-hydrogen) atoms. The lowest BCUT2D eigenvalue weighted by atomic mass is 9.86. The van der Waals surface area contributed by atoms with E-state index in [0.717, 1.165) is 0 Å². The van der Waals surface area contributed by atoms with E-state index >= 15 is 0 Å². The maximum absolute atomic E-state index is 14.2. The van der Waals surface area contributed by atoms with Crippen LogP contribution in [-0.2, 0) is 22.4 Å². The quantitative estimate of drug-likeness (QED) is 0.881. The summed E-state index contributed by atoms with van der Waals surface area (Å²) in [5, 5.41) is 11.9. The average molecular weight is 383 g/mol. The number of rotatable bonds is 4. The Labute approximate surface area is 161 Å². The number of hydrogen-bond donors (Lipinski definition) is 1. The minimum absolute atomic E-state index is 0.101. The van der Waals surface area contributed by atoms with E-state index in [4.69, 9.17) is 0 Å². The number of piperazine rings is 1. The van der Waals surface area contributed by atoms with Crippen LogP contribution >= 0.6 is 0 Å². The van der Waals surface area contributed by atoms with Gasteiger partial charge in [-0.2, -0.15) is 5.26 Å². The number of likely N-dealkylation sites (N-methyl/N-ethyl adjacent to an activating group) is 1. The van der Waals surface area contributed by atoms with Crippen molar-refractivity contribution in [2.24, 2.45) is 0 Å². The van der Waals surface area contributed by atoms with Crippen LogP contribution in [0.4, 0.5) is 8.78 Å². The minimum Gasteiger partial charge on any atom is -0.340 e. The Morgan fingerprint density at radius 3 is 2.50 bits per heavy atom. The van der Waals surface area contributed by atoms with Crippen molar-refractivity contribution in [2.45, 2.75) is 31.3 Å². The zero-order valence-corrected chi connectivity index (χ0v) is 15.5. The van der Waals surface area contributed by atoms with Gasteiger partial charge in [0, 0.05) is 25.5 Å². The molecule has 0 bridgehead atoms. The first-order chi connectivity index (χ1) is 13.2. The molecule has 7 heteroatoms. The molecule has 1 aliphatic heterocycles. The van der Waals surface area contributed by atoms with Crippen molar-refractivity contribution in [3.8, 4) is 6.07 Å². The number of nitrogens with zero attached hydrogens (tertiary/aromatic N) is 2. The van der Waals surface area contributed by atoms with Crippen LogP contribution < -0.4 is 5.32 Å². The molecule has 1 heterocycles. The number of hydrogen-bond acceptors (Lipinski definition) is 3. The fraction of sp³-hybridized carbons (Fsp3) is 0.286. The van der Waals surface area contributed by atoms with Gasteiger partial charge >= 0.3 is 0 Å². The largest absolute Gasteiger partial charge is 0.340 e. The summed E-state index contributed by atoms with van der Waals surface area (Å²) >= 11 is 0. The molecule has 5 nitrogen and oxygen atoms in total. The first-order valence-corrected chi connectivity index (χ1v) is 8.76. The summed E-state index contributed by atoms with van der Waals surface area (Å²) < 4.78 is 27.3. The third-order valence-corrected chi connectivity index (χ3v) is 5.07. The number of amides is 2. The summed E-state index contributed by atoms with van der Waals surface area (Å²) in [6, 6.07) is 10.8. The summed E-state index contributed by atoms with van der Waals surface area (Å²) in [5.74, 6) is -1.74. The molecule has 2 atom stereocenters. The van der Waals surface area contributed by atoms with E-state index in [1.54, 1.807) is 19.1 Å². The Hall–Kier alpha value is -3.27. The molecular weight excluding hydrogens is 364 g/mol. The van der Waals surface area contributed by atoms with Gasteiger partial charge in [0.05, 0.1) is 11.6 Å². The molecule has 0 aromatic heterocycles. The summed E-state index contributed by atoms with van der Waals surface area (Å²) in [6.45, 7) is 1.60. The Balaban J connectivity index is 1.84. The van der Waals surface area contributed by atoms with Crippen LogP contribution in [0.15, 0.2) is 42.5 Å². The summed E-state index contributed by atoms with van der Waals surface area (Å²) in [4.78, 5) is 27.0. The van der Waals surface area contributed by atoms with Crippen molar-refractivity contribution >= 4 is 11.8 Å². The van der Waals surface area contributed by atoms with Crippen LogP contribution in [0, 0.1) is 23.0 Å². The summed E-state index contributed by atoms with van der Waals surface area (Å²) in [6.07, 6.45) is 0.0916. The Kier molecular flexibility index (Phi) is 5.14. The lowest BCUT2D eigenvalue weighted by Crippen LogP contribution is -2.69. The zero-order valence-electron chi connectivity index (χ0n) is 15.5. The van der Waals surface area contributed by atoms with Crippen LogP contribution in [0.1, 0.15) is 23.6 Å². The Morgan fingerprint density at radius 1 is 1.18 bits per heavy atom. The zero-order chi connectivity index (χ0) is 20.5. The topological polar surface area (TPSA) is 73.2 Å². The third kappa shape index (κ3) is 3.58. The fourth-order valence-electron chi connectivity index (χ4n) is 3.54. The maximum Gasteiger partial charge on any atom is 0.248 e. The first kappa shape index (κ1) is 19.5. The van der Waals surface area contributed by atoms with Gasteiger partial charge in [-0.25, -0.2) is 8.78 Å². The minimum atomic E-state index is -1.20. The van der Waals surface area contributed by atoms with E-state index in [9.17, 15) is 23.6 Å². The van der Waals surface area contributed by atoms with Crippen molar-refractivity contribution in [3.05, 3.63) is 70.8 Å². The van der Waals surface area contributed by atoms with Gasteiger partial charge in [0.25, 0.3) is 0 Å². The smallest absolute Gasteiger partial charge is 0.248 e. The lowest BCUT2D eigenvalue weighted by Gasteiger charge is -2.43. The highest BCUT2D eigenvalue weighted by Gasteiger charge is 2.46. The van der Waals surface area contributed by atoms with Crippen molar-refractivity contribution in [2.75, 3.05) is 7.05 Å². The first-order valence-electron chi connectivity index (χ1n) is 8.76. The van der Waals surface area contributed by atoms with Gasteiger partial charge in [-0.05, 0) is 36.8 Å². The highest BCUT2D eigenvalue weighted by molar-refractivity contribution is 5.99. The van der Waals surface area contributed by atoms with Gasteiger partial charge in [-0.1, -0.05) is 18.2 Å². The fourth-order valence-corrected chi connectivity index (χ4v) is 3.54. The molecular formula is C21H19F2N3O2. The second-order valence-corrected chi connectivity index (χ2v) is 7.14. The highest BCUT2D eigenvalue weighted by Crippen LogP contribution is 2.25. The number of nitrogens with one attached hydrogen (secondary N) is 1. The second kappa shape index (κ2) is 7.39. The molecule has 0 saturated carbocycles. The molecule has 0 radical (unpaired) electrons. The molecule has 144 valence electrons. The normalized spacial score (nSPS) is 22.0. The molecule has 1 saturated heterocycles. The molecule has 1 fully saturated rings. The average Bonchev–Trinajstić information content (AvgIpc) is 2.66. The molecule has 2 amide bonds. The van der Waals surface area contributed by atoms with Gasteiger partial charge in [0.1, 0.15) is 23.2 Å². The van der Waals surface area contributed by atoms with E-state index in [2.05, 4.69) is 5.32 Å². The monoisotopic (exact) mass is 383 g/mol. The Morgan fingerprint density at radius 2 is 1.86 bits per heavy atom. The molecule has 2 aromatic rings. The van der Waals surface area contributed by atoms with Gasteiger partial charge in [0.2, 0.25) is 11.8 Å². The third-order valence-electron chi connectivity index (χ3n) is 5.07. The number of halogens is 2. The molecule has 2 aromatic carbocycles. The highest BCUT2D eigenvalue weighted by atomic mass is 19.1. The number of carbonyl (C=O) groups is 2. The van der Waals surface area contributed by atoms with Gasteiger partial charge < -0.3 is 10.2 Å². The van der Waals surface area contributed by atoms with Crippen LogP contribution in [0.3, 0.4) is 0 Å². The Bertz CT molecular complexity index is 969.